The van der Waals surface area contributed by atoms with Gasteiger partial charge >= 0.3 is 0 Å². The molecule has 1 N–H and O–H groups in total. The number of hydrogen-bond acceptors (Lipinski definition) is 3. The molecule has 1 aromatic heterocycles. The van der Waals surface area contributed by atoms with E-state index < -0.39 is 0 Å². The Bertz CT molecular complexity index is 337. The topological polar surface area (TPSA) is 34.4 Å². The highest BCUT2D eigenvalue weighted by atomic mass is 16.5. The number of nitrogens with one attached hydrogen (secondary N) is 1. The first-order valence-corrected chi connectivity index (χ1v) is 7.59. The summed E-state index contributed by atoms with van der Waals surface area (Å²) < 4.78 is 10.8. The molecule has 0 radical (unpaired) electrons. The Morgan fingerprint density at radius 3 is 3.05 bits per heavy atom. The summed E-state index contributed by atoms with van der Waals surface area (Å²) in [4.78, 5) is 0. The number of rotatable bonds is 7. The summed E-state index contributed by atoms with van der Waals surface area (Å²) in [6, 6.07) is 4.55. The predicted octanol–water partition coefficient (Wildman–Crippen LogP) is 3.60. The molecule has 3 heteroatoms. The van der Waals surface area contributed by atoms with Gasteiger partial charge in [0.2, 0.25) is 0 Å². The van der Waals surface area contributed by atoms with Gasteiger partial charge < -0.3 is 14.5 Å². The predicted molar refractivity (Wildman–Crippen MR) is 77.0 cm³/mol. The van der Waals surface area contributed by atoms with Gasteiger partial charge in [0.1, 0.15) is 12.4 Å². The van der Waals surface area contributed by atoms with Crippen molar-refractivity contribution in [3.8, 4) is 0 Å². The lowest BCUT2D eigenvalue weighted by Gasteiger charge is -2.33. The molecule has 19 heavy (non-hydrogen) atoms. The maximum absolute atomic E-state index is 5.58. The van der Waals surface area contributed by atoms with Crippen molar-refractivity contribution >= 4 is 0 Å². The zero-order valence-electron chi connectivity index (χ0n) is 12.2. The highest BCUT2D eigenvalue weighted by Gasteiger charge is 2.24. The number of ether oxygens (including phenoxy) is 1. The summed E-state index contributed by atoms with van der Waals surface area (Å²) in [6.07, 6.45) is 6.85. The second kappa shape index (κ2) is 7.71. The molecule has 1 heterocycles. The van der Waals surface area contributed by atoms with Crippen LogP contribution in [0.1, 0.15) is 45.3 Å². The van der Waals surface area contributed by atoms with Crippen molar-refractivity contribution in [1.29, 1.82) is 0 Å². The molecule has 0 amide bonds. The third-order valence-corrected chi connectivity index (χ3v) is 4.15. The third-order valence-electron chi connectivity index (χ3n) is 4.15. The second-order valence-corrected chi connectivity index (χ2v) is 5.94. The molecule has 0 aromatic carbocycles. The van der Waals surface area contributed by atoms with Crippen molar-refractivity contribution in [1.82, 2.24) is 5.32 Å². The molecule has 0 spiro atoms. The van der Waals surface area contributed by atoms with Crippen molar-refractivity contribution in [3.63, 3.8) is 0 Å². The molecule has 1 aliphatic rings. The lowest BCUT2D eigenvalue weighted by Crippen LogP contribution is -2.40. The Kier molecular flexibility index (Phi) is 5.93. The molecule has 108 valence electrons. The summed E-state index contributed by atoms with van der Waals surface area (Å²) in [6.45, 7) is 7.18. The second-order valence-electron chi connectivity index (χ2n) is 5.94. The van der Waals surface area contributed by atoms with Crippen LogP contribution in [0.3, 0.4) is 0 Å². The Balaban J connectivity index is 1.51. The largest absolute Gasteiger partial charge is 0.467 e. The van der Waals surface area contributed by atoms with Crippen LogP contribution in [0.4, 0.5) is 0 Å². The summed E-state index contributed by atoms with van der Waals surface area (Å²) >= 11 is 0. The molecule has 2 rings (SSSR count). The van der Waals surface area contributed by atoms with Crippen LogP contribution in [0.15, 0.2) is 22.8 Å². The van der Waals surface area contributed by atoms with E-state index in [1.165, 1.54) is 19.3 Å². The molecule has 3 nitrogen and oxygen atoms in total. The van der Waals surface area contributed by atoms with E-state index in [4.69, 9.17) is 9.15 Å². The first-order chi connectivity index (χ1) is 9.25. The smallest absolute Gasteiger partial charge is 0.129 e. The van der Waals surface area contributed by atoms with Crippen LogP contribution in [-0.4, -0.2) is 19.2 Å². The molecule has 3 atom stereocenters. The minimum atomic E-state index is 0.587. The first kappa shape index (κ1) is 14.6. The Hall–Kier alpha value is -0.800. The average Bonchev–Trinajstić information content (AvgIpc) is 2.90. The SMILES string of the molecule is CC1CCC(C)C(NCCCOCc2ccco2)C1. The molecule has 0 bridgehead atoms. The first-order valence-electron chi connectivity index (χ1n) is 7.59. The molecule has 0 aliphatic heterocycles. The van der Waals surface area contributed by atoms with Crippen molar-refractivity contribution in [2.24, 2.45) is 11.8 Å². The van der Waals surface area contributed by atoms with Crippen LogP contribution in [0.5, 0.6) is 0 Å². The molecular weight excluding hydrogens is 238 g/mol. The van der Waals surface area contributed by atoms with Crippen LogP contribution in [-0.2, 0) is 11.3 Å². The van der Waals surface area contributed by atoms with E-state index in [1.54, 1.807) is 6.26 Å². The molecular formula is C16H27NO2. The molecule has 1 fully saturated rings. The summed E-state index contributed by atoms with van der Waals surface area (Å²) in [5.41, 5.74) is 0. The van der Waals surface area contributed by atoms with Crippen molar-refractivity contribution in [2.75, 3.05) is 13.2 Å². The fourth-order valence-corrected chi connectivity index (χ4v) is 2.85. The normalized spacial score (nSPS) is 27.6. The van der Waals surface area contributed by atoms with Gasteiger partial charge in [-0.05, 0) is 49.8 Å². The van der Waals surface area contributed by atoms with Gasteiger partial charge in [0, 0.05) is 12.6 Å². The van der Waals surface area contributed by atoms with Crippen molar-refractivity contribution in [3.05, 3.63) is 24.2 Å². The van der Waals surface area contributed by atoms with Gasteiger partial charge in [0.25, 0.3) is 0 Å². The third kappa shape index (κ3) is 5.00. The van der Waals surface area contributed by atoms with Gasteiger partial charge in [-0.25, -0.2) is 0 Å². The van der Waals surface area contributed by atoms with E-state index in [0.29, 0.717) is 12.6 Å². The maximum Gasteiger partial charge on any atom is 0.129 e. The highest BCUT2D eigenvalue weighted by Crippen LogP contribution is 2.28. The lowest BCUT2D eigenvalue weighted by atomic mass is 9.80. The molecule has 1 aromatic rings. The lowest BCUT2D eigenvalue weighted by molar-refractivity contribution is 0.102. The quantitative estimate of drug-likeness (QED) is 0.765. The monoisotopic (exact) mass is 265 g/mol. The van der Waals surface area contributed by atoms with Crippen LogP contribution in [0.2, 0.25) is 0 Å². The molecule has 3 unspecified atom stereocenters. The van der Waals surface area contributed by atoms with Crippen LogP contribution in [0.25, 0.3) is 0 Å². The van der Waals surface area contributed by atoms with E-state index in [2.05, 4.69) is 19.2 Å². The van der Waals surface area contributed by atoms with Crippen LogP contribution in [0, 0.1) is 11.8 Å². The van der Waals surface area contributed by atoms with E-state index in [1.807, 2.05) is 12.1 Å². The Morgan fingerprint density at radius 1 is 1.37 bits per heavy atom. The van der Waals surface area contributed by atoms with E-state index in [9.17, 15) is 0 Å². The van der Waals surface area contributed by atoms with Gasteiger partial charge in [-0.2, -0.15) is 0 Å². The average molecular weight is 265 g/mol. The molecule has 0 saturated heterocycles. The summed E-state index contributed by atoms with van der Waals surface area (Å²) in [5.74, 6) is 2.60. The standard InChI is InChI=1S/C16H27NO2/c1-13-6-7-14(2)16(11-13)17-8-4-9-18-12-15-5-3-10-19-15/h3,5,10,13-14,16-17H,4,6-9,11-12H2,1-2H3. The van der Waals surface area contributed by atoms with Gasteiger partial charge in [0.15, 0.2) is 0 Å². The van der Waals surface area contributed by atoms with E-state index in [-0.39, 0.29) is 0 Å². The van der Waals surface area contributed by atoms with Crippen LogP contribution < -0.4 is 5.32 Å². The molecule has 1 saturated carbocycles. The van der Waals surface area contributed by atoms with Gasteiger partial charge in [-0.3, -0.25) is 0 Å². The van der Waals surface area contributed by atoms with E-state index >= 15 is 0 Å². The number of hydrogen-bond donors (Lipinski definition) is 1. The minimum absolute atomic E-state index is 0.587. The van der Waals surface area contributed by atoms with Gasteiger partial charge in [-0.1, -0.05) is 20.3 Å². The van der Waals surface area contributed by atoms with E-state index in [0.717, 1.165) is 37.2 Å². The molecule has 1 aliphatic carbocycles. The Morgan fingerprint density at radius 2 is 2.26 bits per heavy atom. The fraction of sp³-hybridized carbons (Fsp3) is 0.750. The van der Waals surface area contributed by atoms with Crippen molar-refractivity contribution in [2.45, 2.75) is 52.2 Å². The minimum Gasteiger partial charge on any atom is -0.467 e. The zero-order chi connectivity index (χ0) is 13.5. The zero-order valence-corrected chi connectivity index (χ0v) is 12.2. The van der Waals surface area contributed by atoms with Gasteiger partial charge in [0.05, 0.1) is 6.26 Å². The van der Waals surface area contributed by atoms with Crippen molar-refractivity contribution < 1.29 is 9.15 Å². The summed E-state index contributed by atoms with van der Waals surface area (Å²) in [5, 5.41) is 3.69. The van der Waals surface area contributed by atoms with Crippen LogP contribution >= 0.6 is 0 Å². The summed E-state index contributed by atoms with van der Waals surface area (Å²) in [7, 11) is 0. The Labute approximate surface area is 116 Å². The maximum atomic E-state index is 5.58. The highest BCUT2D eigenvalue weighted by molar-refractivity contribution is 4.95. The fourth-order valence-electron chi connectivity index (χ4n) is 2.85. The van der Waals surface area contributed by atoms with Gasteiger partial charge in [-0.15, -0.1) is 0 Å². The number of furan rings is 1.